The van der Waals surface area contributed by atoms with Gasteiger partial charge < -0.3 is 21.1 Å². The molecule has 0 radical (unpaired) electrons. The third kappa shape index (κ3) is 8.75. The molecule has 1 heterocycles. The van der Waals surface area contributed by atoms with Gasteiger partial charge in [-0.25, -0.2) is 4.68 Å². The molecule has 0 amide bonds. The van der Waals surface area contributed by atoms with Crippen molar-refractivity contribution in [1.82, 2.24) is 20.4 Å². The minimum absolute atomic E-state index is 0. The molecule has 1 aromatic heterocycles. The summed E-state index contributed by atoms with van der Waals surface area (Å²) in [5.74, 6) is 1.70. The Morgan fingerprint density at radius 1 is 1.23 bits per heavy atom. The molecule has 8 nitrogen and oxygen atoms in total. The van der Waals surface area contributed by atoms with Gasteiger partial charge in [-0.05, 0) is 37.3 Å². The number of nitrogens with zero attached hydrogens (tertiary/aromatic N) is 4. The number of aryl methyl sites for hydroxylation is 1. The highest BCUT2D eigenvalue weighted by Gasteiger charge is 2.16. The normalized spacial score (nSPS) is 11.1. The Labute approximate surface area is 202 Å². The van der Waals surface area contributed by atoms with Crippen LogP contribution in [0.15, 0.2) is 35.3 Å². The maximum Gasteiger partial charge on any atom is 0.190 e. The van der Waals surface area contributed by atoms with Gasteiger partial charge in [0.05, 0.1) is 11.4 Å². The Morgan fingerprint density at radius 2 is 1.90 bits per heavy atom. The number of halogens is 1. The molecule has 0 fully saturated rings. The molecular formula is C22H34IN7O. The summed E-state index contributed by atoms with van der Waals surface area (Å²) >= 11 is 0. The molecule has 170 valence electrons. The first-order valence-electron chi connectivity index (χ1n) is 10.4. The average Bonchev–Trinajstić information content (AvgIpc) is 3.07. The SMILES string of the molecule is CN=C(NCCCOCC(C)C)NCCCc1nn(-c2ccccc2)c(N)c1C#N.I. The quantitative estimate of drug-likeness (QED) is 0.175. The average molecular weight is 539 g/mol. The van der Waals surface area contributed by atoms with E-state index >= 15 is 0 Å². The lowest BCUT2D eigenvalue weighted by Gasteiger charge is -2.12. The summed E-state index contributed by atoms with van der Waals surface area (Å²) in [6, 6.07) is 11.8. The summed E-state index contributed by atoms with van der Waals surface area (Å²) in [6.07, 6.45) is 2.38. The van der Waals surface area contributed by atoms with Gasteiger partial charge in [0.1, 0.15) is 17.5 Å². The van der Waals surface area contributed by atoms with Crippen molar-refractivity contribution in [3.8, 4) is 11.8 Å². The molecule has 0 aliphatic heterocycles. The molecular weight excluding hydrogens is 505 g/mol. The number of nitrogens with two attached hydrogens (primary N) is 1. The summed E-state index contributed by atoms with van der Waals surface area (Å²) in [5, 5.41) is 20.6. The monoisotopic (exact) mass is 539 g/mol. The van der Waals surface area contributed by atoms with E-state index in [0.29, 0.717) is 36.0 Å². The Balaban J connectivity index is 0.00000480. The summed E-state index contributed by atoms with van der Waals surface area (Å²) in [4.78, 5) is 4.23. The van der Waals surface area contributed by atoms with E-state index in [9.17, 15) is 5.26 Å². The minimum atomic E-state index is 0. The van der Waals surface area contributed by atoms with Crippen LogP contribution in [0.1, 0.15) is 37.9 Å². The van der Waals surface area contributed by atoms with E-state index in [1.54, 1.807) is 11.7 Å². The highest BCUT2D eigenvalue weighted by molar-refractivity contribution is 14.0. The number of nitriles is 1. The number of nitrogens with one attached hydrogen (secondary N) is 2. The standard InChI is InChI=1S/C22H33N7O.HI/c1-17(2)16-30-14-8-13-27-22(25-3)26-12-7-11-20-19(15-23)21(24)29(28-20)18-9-5-4-6-10-18;/h4-6,9-10,17H,7-8,11-14,16,24H2,1-3H3,(H2,25,26,27);1H. The van der Waals surface area contributed by atoms with Crippen molar-refractivity contribution in [3.05, 3.63) is 41.6 Å². The van der Waals surface area contributed by atoms with E-state index in [1.807, 2.05) is 30.3 Å². The number of anilines is 1. The second-order valence-corrected chi connectivity index (χ2v) is 7.42. The van der Waals surface area contributed by atoms with Gasteiger partial charge in [-0.15, -0.1) is 24.0 Å². The van der Waals surface area contributed by atoms with Gasteiger partial charge in [0.2, 0.25) is 0 Å². The topological polar surface area (TPSA) is 113 Å². The van der Waals surface area contributed by atoms with Crippen LogP contribution >= 0.6 is 24.0 Å². The summed E-state index contributed by atoms with van der Waals surface area (Å²) in [7, 11) is 1.75. The van der Waals surface area contributed by atoms with Crippen LogP contribution in [0, 0.1) is 17.2 Å². The van der Waals surface area contributed by atoms with Gasteiger partial charge in [-0.3, -0.25) is 4.99 Å². The van der Waals surface area contributed by atoms with E-state index in [0.717, 1.165) is 44.2 Å². The molecule has 31 heavy (non-hydrogen) atoms. The smallest absolute Gasteiger partial charge is 0.190 e. The van der Waals surface area contributed by atoms with E-state index in [2.05, 4.69) is 40.6 Å². The number of aliphatic imine (C=N–C) groups is 1. The first kappa shape index (κ1) is 26.7. The Kier molecular flexibility index (Phi) is 12.6. The van der Waals surface area contributed by atoms with Gasteiger partial charge in [0.25, 0.3) is 0 Å². The highest BCUT2D eigenvalue weighted by Crippen LogP contribution is 2.21. The Hall–Kier alpha value is -2.32. The first-order valence-corrected chi connectivity index (χ1v) is 10.4. The van der Waals surface area contributed by atoms with Crippen molar-refractivity contribution >= 4 is 35.8 Å². The zero-order valence-electron chi connectivity index (χ0n) is 18.6. The van der Waals surface area contributed by atoms with Crippen LogP contribution in [0.5, 0.6) is 0 Å². The molecule has 0 saturated heterocycles. The Bertz CT molecular complexity index is 844. The zero-order chi connectivity index (χ0) is 21.8. The van der Waals surface area contributed by atoms with E-state index in [4.69, 9.17) is 10.5 Å². The molecule has 2 rings (SSSR count). The maximum atomic E-state index is 9.49. The molecule has 0 bridgehead atoms. The van der Waals surface area contributed by atoms with Gasteiger partial charge in [-0.1, -0.05) is 32.0 Å². The lowest BCUT2D eigenvalue weighted by atomic mass is 10.1. The number of benzene rings is 1. The number of rotatable bonds is 11. The molecule has 2 aromatic rings. The van der Waals surface area contributed by atoms with Crippen LogP contribution in [-0.4, -0.2) is 49.1 Å². The second kappa shape index (κ2) is 14.6. The maximum absolute atomic E-state index is 9.49. The molecule has 9 heteroatoms. The van der Waals surface area contributed by atoms with E-state index < -0.39 is 0 Å². The third-order valence-corrected chi connectivity index (χ3v) is 4.42. The van der Waals surface area contributed by atoms with Crippen LogP contribution in [0.3, 0.4) is 0 Å². The molecule has 0 aliphatic carbocycles. The molecule has 0 atom stereocenters. The van der Waals surface area contributed by atoms with Crippen LogP contribution in [-0.2, 0) is 11.2 Å². The molecule has 0 saturated carbocycles. The summed E-state index contributed by atoms with van der Waals surface area (Å²) in [5.41, 5.74) is 8.16. The predicted molar refractivity (Wildman–Crippen MR) is 136 cm³/mol. The van der Waals surface area contributed by atoms with E-state index in [1.165, 1.54) is 0 Å². The van der Waals surface area contributed by atoms with Gasteiger partial charge >= 0.3 is 0 Å². The number of aromatic nitrogens is 2. The molecule has 4 N–H and O–H groups in total. The van der Waals surface area contributed by atoms with Gasteiger partial charge in [0, 0.05) is 33.4 Å². The lowest BCUT2D eigenvalue weighted by molar-refractivity contribution is 0.108. The van der Waals surface area contributed by atoms with Crippen molar-refractivity contribution in [2.75, 3.05) is 39.1 Å². The van der Waals surface area contributed by atoms with Crippen LogP contribution in [0.4, 0.5) is 5.82 Å². The number of ether oxygens (including phenoxy) is 1. The molecule has 0 unspecified atom stereocenters. The van der Waals surface area contributed by atoms with Crippen LogP contribution < -0.4 is 16.4 Å². The molecule has 0 spiro atoms. The van der Waals surface area contributed by atoms with Crippen LogP contribution in [0.25, 0.3) is 5.69 Å². The number of nitrogen functional groups attached to an aromatic ring is 1. The second-order valence-electron chi connectivity index (χ2n) is 7.42. The van der Waals surface area contributed by atoms with Crippen molar-refractivity contribution in [2.24, 2.45) is 10.9 Å². The van der Waals surface area contributed by atoms with Crippen molar-refractivity contribution in [1.29, 1.82) is 5.26 Å². The first-order chi connectivity index (χ1) is 14.6. The Morgan fingerprint density at radius 3 is 2.52 bits per heavy atom. The molecule has 0 aliphatic rings. The summed E-state index contributed by atoms with van der Waals surface area (Å²) < 4.78 is 7.21. The number of hydrogen-bond donors (Lipinski definition) is 3. The van der Waals surface area contributed by atoms with Crippen molar-refractivity contribution < 1.29 is 4.74 Å². The number of para-hydroxylation sites is 1. The predicted octanol–water partition coefficient (Wildman–Crippen LogP) is 3.10. The van der Waals surface area contributed by atoms with E-state index in [-0.39, 0.29) is 24.0 Å². The fourth-order valence-corrected chi connectivity index (χ4v) is 2.92. The van der Waals surface area contributed by atoms with Crippen LogP contribution in [0.2, 0.25) is 0 Å². The number of hydrogen-bond acceptors (Lipinski definition) is 5. The van der Waals surface area contributed by atoms with Crippen molar-refractivity contribution in [3.63, 3.8) is 0 Å². The fraction of sp³-hybridized carbons (Fsp3) is 0.500. The third-order valence-electron chi connectivity index (χ3n) is 4.42. The fourth-order valence-electron chi connectivity index (χ4n) is 2.92. The highest BCUT2D eigenvalue weighted by atomic mass is 127. The largest absolute Gasteiger partial charge is 0.382 e. The summed E-state index contributed by atoms with van der Waals surface area (Å²) in [6.45, 7) is 7.34. The van der Waals surface area contributed by atoms with Crippen molar-refractivity contribution in [2.45, 2.75) is 33.1 Å². The lowest BCUT2D eigenvalue weighted by Crippen LogP contribution is -2.38. The van der Waals surface area contributed by atoms with Gasteiger partial charge in [-0.2, -0.15) is 10.4 Å². The van der Waals surface area contributed by atoms with Gasteiger partial charge in [0.15, 0.2) is 5.96 Å². The molecule has 1 aromatic carbocycles. The zero-order valence-corrected chi connectivity index (χ0v) is 20.9. The minimum Gasteiger partial charge on any atom is -0.382 e. The number of guanidine groups is 1.